The van der Waals surface area contributed by atoms with Gasteiger partial charge in [0.05, 0.1) is 18.5 Å². The molecule has 0 aliphatic heterocycles. The quantitative estimate of drug-likeness (QED) is 0.376. The second-order valence-corrected chi connectivity index (χ2v) is 4.39. The van der Waals surface area contributed by atoms with E-state index in [4.69, 9.17) is 0 Å². The van der Waals surface area contributed by atoms with Gasteiger partial charge in [0.25, 0.3) is 5.69 Å². The summed E-state index contributed by atoms with van der Waals surface area (Å²) in [5.41, 5.74) is 0.936. The van der Waals surface area contributed by atoms with Gasteiger partial charge in [-0.3, -0.25) is 14.9 Å². The molecular weight excluding hydrogens is 304 g/mol. The third-order valence-corrected chi connectivity index (χ3v) is 3.03. The molecule has 0 saturated carbocycles. The van der Waals surface area contributed by atoms with Crippen LogP contribution in [0.3, 0.4) is 0 Å². The molecule has 0 aromatic heterocycles. The van der Waals surface area contributed by atoms with E-state index >= 15 is 0 Å². The molecule has 1 rings (SSSR count). The summed E-state index contributed by atoms with van der Waals surface area (Å²) in [5, 5.41) is 13.6. The first-order valence-electron chi connectivity index (χ1n) is 5.25. The van der Waals surface area contributed by atoms with Crippen LogP contribution in [0.4, 0.5) is 5.69 Å². The fraction of sp³-hybridized carbons (Fsp3) is 0.364. The van der Waals surface area contributed by atoms with E-state index in [1.807, 2.05) is 0 Å². The van der Waals surface area contributed by atoms with E-state index < -0.39 is 4.92 Å². The Hall–Kier alpha value is -1.47. The van der Waals surface area contributed by atoms with Gasteiger partial charge in [-0.2, -0.15) is 0 Å². The number of esters is 1. The van der Waals surface area contributed by atoms with Gasteiger partial charge >= 0.3 is 5.97 Å². The van der Waals surface area contributed by atoms with Gasteiger partial charge < -0.3 is 10.1 Å². The Labute approximate surface area is 113 Å². The van der Waals surface area contributed by atoms with Crippen LogP contribution in [-0.4, -0.2) is 24.5 Å². The summed E-state index contributed by atoms with van der Waals surface area (Å²) in [7, 11) is 1.34. The van der Waals surface area contributed by atoms with Crippen molar-refractivity contribution in [2.45, 2.75) is 13.0 Å². The highest BCUT2D eigenvalue weighted by atomic mass is 79.9. The molecule has 6 nitrogen and oxygen atoms in total. The molecule has 0 aliphatic rings. The van der Waals surface area contributed by atoms with Crippen molar-refractivity contribution < 1.29 is 14.5 Å². The van der Waals surface area contributed by atoms with Crippen molar-refractivity contribution in [2.75, 3.05) is 13.7 Å². The number of non-ortho nitro benzene ring substituents is 1. The number of methoxy groups -OCH3 is 1. The van der Waals surface area contributed by atoms with Crippen LogP contribution in [-0.2, 0) is 16.1 Å². The number of carbonyl (C=O) groups excluding carboxylic acids is 1. The van der Waals surface area contributed by atoms with E-state index in [1.165, 1.54) is 19.2 Å². The summed E-state index contributed by atoms with van der Waals surface area (Å²) in [6, 6.07) is 4.58. The Bertz CT molecular complexity index is 451. The van der Waals surface area contributed by atoms with Crippen molar-refractivity contribution in [3.8, 4) is 0 Å². The number of hydrogen-bond donors (Lipinski definition) is 1. The summed E-state index contributed by atoms with van der Waals surface area (Å²) < 4.78 is 5.17. The monoisotopic (exact) mass is 316 g/mol. The second-order valence-electron chi connectivity index (χ2n) is 3.54. The molecule has 0 heterocycles. The zero-order valence-corrected chi connectivity index (χ0v) is 11.4. The van der Waals surface area contributed by atoms with E-state index in [1.54, 1.807) is 6.07 Å². The number of carbonyl (C=O) groups is 1. The van der Waals surface area contributed by atoms with Crippen LogP contribution in [0, 0.1) is 10.1 Å². The molecule has 0 atom stereocenters. The first-order valence-corrected chi connectivity index (χ1v) is 6.04. The van der Waals surface area contributed by atoms with E-state index in [9.17, 15) is 14.9 Å². The number of nitro groups is 1. The lowest BCUT2D eigenvalue weighted by Crippen LogP contribution is -2.18. The maximum atomic E-state index is 10.9. The maximum Gasteiger partial charge on any atom is 0.306 e. The standard InChI is InChI=1S/C11H13BrN2O4/c1-18-11(15)4-5-13-7-8-2-3-9(14(16)17)6-10(8)12/h2-3,6,13H,4-5,7H2,1H3. The van der Waals surface area contributed by atoms with Gasteiger partial charge in [-0.05, 0) is 11.6 Å². The number of nitro benzene ring substituents is 1. The summed E-state index contributed by atoms with van der Waals surface area (Å²) in [6.07, 6.45) is 0.293. The smallest absolute Gasteiger partial charge is 0.306 e. The molecule has 0 aliphatic carbocycles. The van der Waals surface area contributed by atoms with Gasteiger partial charge in [-0.25, -0.2) is 0 Å². The van der Waals surface area contributed by atoms with Crippen LogP contribution >= 0.6 is 15.9 Å². The SMILES string of the molecule is COC(=O)CCNCc1ccc([N+](=O)[O-])cc1Br. The summed E-state index contributed by atoms with van der Waals surface area (Å²) >= 11 is 3.27. The van der Waals surface area contributed by atoms with Crippen molar-refractivity contribution in [3.63, 3.8) is 0 Å². The zero-order chi connectivity index (χ0) is 13.5. The van der Waals surface area contributed by atoms with Crippen LogP contribution in [0.15, 0.2) is 22.7 Å². The molecule has 1 aromatic carbocycles. The fourth-order valence-electron chi connectivity index (χ4n) is 1.31. The van der Waals surface area contributed by atoms with Crippen LogP contribution in [0.5, 0.6) is 0 Å². The van der Waals surface area contributed by atoms with Gasteiger partial charge in [0.1, 0.15) is 0 Å². The van der Waals surface area contributed by atoms with Crippen molar-refractivity contribution in [1.29, 1.82) is 0 Å². The summed E-state index contributed by atoms with van der Waals surface area (Å²) in [6.45, 7) is 1.02. The minimum absolute atomic E-state index is 0.0418. The van der Waals surface area contributed by atoms with E-state index in [0.717, 1.165) is 5.56 Å². The maximum absolute atomic E-state index is 10.9. The Balaban J connectivity index is 2.48. The van der Waals surface area contributed by atoms with Crippen LogP contribution in [0.1, 0.15) is 12.0 Å². The van der Waals surface area contributed by atoms with Gasteiger partial charge in [-0.1, -0.05) is 15.9 Å². The predicted octanol–water partition coefficient (Wildman–Crippen LogP) is 2.01. The van der Waals surface area contributed by atoms with E-state index in [0.29, 0.717) is 24.0 Å². The Morgan fingerprint density at radius 1 is 1.56 bits per heavy atom. The lowest BCUT2D eigenvalue weighted by molar-refractivity contribution is -0.384. The lowest BCUT2D eigenvalue weighted by atomic mass is 10.2. The van der Waals surface area contributed by atoms with Crippen molar-refractivity contribution in [1.82, 2.24) is 5.32 Å². The normalized spacial score (nSPS) is 10.1. The van der Waals surface area contributed by atoms with Gasteiger partial charge in [-0.15, -0.1) is 0 Å². The van der Waals surface area contributed by atoms with Gasteiger partial charge in [0, 0.05) is 29.7 Å². The first-order chi connectivity index (χ1) is 8.54. The van der Waals surface area contributed by atoms with Gasteiger partial charge in [0.15, 0.2) is 0 Å². The molecule has 0 unspecified atom stereocenters. The third-order valence-electron chi connectivity index (χ3n) is 2.30. The molecule has 98 valence electrons. The van der Waals surface area contributed by atoms with E-state index in [2.05, 4.69) is 26.0 Å². The highest BCUT2D eigenvalue weighted by Crippen LogP contribution is 2.22. The van der Waals surface area contributed by atoms with Crippen LogP contribution in [0.2, 0.25) is 0 Å². The molecule has 1 N–H and O–H groups in total. The van der Waals surface area contributed by atoms with Crippen molar-refractivity contribution >= 4 is 27.6 Å². The van der Waals surface area contributed by atoms with Crippen molar-refractivity contribution in [3.05, 3.63) is 38.3 Å². The van der Waals surface area contributed by atoms with Crippen molar-refractivity contribution in [2.24, 2.45) is 0 Å². The number of benzene rings is 1. The molecular formula is C11H13BrN2O4. The molecule has 0 saturated heterocycles. The molecule has 0 radical (unpaired) electrons. The fourth-order valence-corrected chi connectivity index (χ4v) is 1.82. The lowest BCUT2D eigenvalue weighted by Gasteiger charge is -2.06. The van der Waals surface area contributed by atoms with Crippen LogP contribution < -0.4 is 5.32 Å². The molecule has 7 heteroatoms. The number of hydrogen-bond acceptors (Lipinski definition) is 5. The average molecular weight is 317 g/mol. The zero-order valence-electron chi connectivity index (χ0n) is 9.81. The average Bonchev–Trinajstić information content (AvgIpc) is 2.35. The molecule has 18 heavy (non-hydrogen) atoms. The minimum Gasteiger partial charge on any atom is -0.469 e. The molecule has 0 bridgehead atoms. The number of halogens is 1. The number of nitrogens with zero attached hydrogens (tertiary/aromatic N) is 1. The van der Waals surface area contributed by atoms with Gasteiger partial charge in [0.2, 0.25) is 0 Å². The molecule has 0 amide bonds. The minimum atomic E-state index is -0.445. The predicted molar refractivity (Wildman–Crippen MR) is 69.1 cm³/mol. The molecule has 1 aromatic rings. The Morgan fingerprint density at radius 2 is 2.28 bits per heavy atom. The third kappa shape index (κ3) is 4.42. The largest absolute Gasteiger partial charge is 0.469 e. The highest BCUT2D eigenvalue weighted by Gasteiger charge is 2.08. The Morgan fingerprint density at radius 3 is 2.83 bits per heavy atom. The number of nitrogens with one attached hydrogen (secondary N) is 1. The first kappa shape index (κ1) is 14.6. The van der Waals surface area contributed by atoms with Crippen LogP contribution in [0.25, 0.3) is 0 Å². The number of rotatable bonds is 6. The summed E-state index contributed by atoms with van der Waals surface area (Å²) in [5.74, 6) is -0.273. The molecule has 0 spiro atoms. The number of ether oxygens (including phenoxy) is 1. The second kappa shape index (κ2) is 7.07. The summed E-state index contributed by atoms with van der Waals surface area (Å²) in [4.78, 5) is 21.0. The Kier molecular flexibility index (Phi) is 5.73. The van der Waals surface area contributed by atoms with E-state index in [-0.39, 0.29) is 11.7 Å². The topological polar surface area (TPSA) is 81.5 Å². The highest BCUT2D eigenvalue weighted by molar-refractivity contribution is 9.10. The molecule has 0 fully saturated rings.